The summed E-state index contributed by atoms with van der Waals surface area (Å²) in [4.78, 5) is 0. The van der Waals surface area contributed by atoms with Crippen LogP contribution in [0.3, 0.4) is 0 Å². The third-order valence-electron chi connectivity index (χ3n) is 3.43. The summed E-state index contributed by atoms with van der Waals surface area (Å²) in [5.74, 6) is 0. The van der Waals surface area contributed by atoms with Gasteiger partial charge in [-0.05, 0) is 55.6 Å². The number of halogens is 2. The van der Waals surface area contributed by atoms with Crippen molar-refractivity contribution < 1.29 is 0 Å². The van der Waals surface area contributed by atoms with Gasteiger partial charge in [0.1, 0.15) is 0 Å². The number of hydrazine groups is 1. The molecule has 0 unspecified atom stereocenters. The van der Waals surface area contributed by atoms with Crippen molar-refractivity contribution in [2.75, 3.05) is 19.3 Å². The highest BCUT2D eigenvalue weighted by atomic mass is 35.9. The minimum absolute atomic E-state index is 0.0722. The van der Waals surface area contributed by atoms with Crippen LogP contribution in [0.5, 0.6) is 0 Å². The van der Waals surface area contributed by atoms with E-state index in [-0.39, 0.29) is 7.53 Å². The largest absolute Gasteiger partial charge is 0.258 e. The molecule has 20 heavy (non-hydrogen) atoms. The Bertz CT molecular complexity index is 364. The lowest BCUT2D eigenvalue weighted by atomic mass is 10.2. The van der Waals surface area contributed by atoms with E-state index < -0.39 is 6.63 Å². The molecule has 0 aromatic carbocycles. The fourth-order valence-corrected chi connectivity index (χ4v) is 7.04. The summed E-state index contributed by atoms with van der Waals surface area (Å²) >= 11 is 11.7. The van der Waals surface area contributed by atoms with Crippen LogP contribution in [0.1, 0.15) is 35.6 Å². The molecule has 0 bridgehead atoms. The van der Waals surface area contributed by atoms with E-state index >= 15 is 0 Å². The quantitative estimate of drug-likeness (QED) is 0.381. The van der Waals surface area contributed by atoms with E-state index in [1.807, 2.05) is 0 Å². The summed E-state index contributed by atoms with van der Waals surface area (Å²) in [6.45, 7) is 14.3. The van der Waals surface area contributed by atoms with Gasteiger partial charge in [0.15, 0.2) is 0 Å². The highest BCUT2D eigenvalue weighted by Gasteiger charge is 2.12. The second-order valence-electron chi connectivity index (χ2n) is 4.66. The van der Waals surface area contributed by atoms with Gasteiger partial charge in [-0.3, -0.25) is 10.9 Å². The fraction of sp³-hybridized carbons (Fsp3) is 0.714. The monoisotopic (exact) mass is 356 g/mol. The van der Waals surface area contributed by atoms with Gasteiger partial charge in [-0.15, -0.1) is 7.53 Å². The van der Waals surface area contributed by atoms with Crippen molar-refractivity contribution in [1.29, 1.82) is 0 Å². The number of nitrogens with one attached hydrogen (secondary N) is 2. The standard InChI is InChI=1S/C10H16Cl2P2.C4H12N2/c1-7-8(2)10(4)13(9(7)3)5-6-14(11)12;1-3-5-6-4-2/h5-6H2,1-4H3;5-6H,3-4H2,1-2H3. The van der Waals surface area contributed by atoms with Crippen LogP contribution in [0, 0.1) is 27.7 Å². The van der Waals surface area contributed by atoms with Gasteiger partial charge in [0.05, 0.1) is 6.63 Å². The first-order valence-corrected chi connectivity index (χ1v) is 11.9. The van der Waals surface area contributed by atoms with Crippen molar-refractivity contribution in [3.05, 3.63) is 21.7 Å². The summed E-state index contributed by atoms with van der Waals surface area (Å²) < 4.78 is 0. The van der Waals surface area contributed by atoms with Gasteiger partial charge in [0.25, 0.3) is 0 Å². The zero-order chi connectivity index (χ0) is 15.7. The molecule has 0 saturated heterocycles. The highest BCUT2D eigenvalue weighted by molar-refractivity contribution is 8.04. The fourth-order valence-electron chi connectivity index (χ4n) is 1.96. The molecular weight excluding hydrogens is 329 g/mol. The molecule has 1 aromatic rings. The maximum absolute atomic E-state index is 5.83. The molecule has 0 atom stereocenters. The Kier molecular flexibility index (Phi) is 11.7. The van der Waals surface area contributed by atoms with E-state index in [2.05, 4.69) is 52.4 Å². The normalized spacial score (nSPS) is 10.7. The SMILES string of the molecule is CCNNCC.Cc1c(C)c(C)p(CCP(Cl)Cl)c1C. The van der Waals surface area contributed by atoms with E-state index in [0.29, 0.717) is 0 Å². The topological polar surface area (TPSA) is 24.1 Å². The molecule has 0 fully saturated rings. The maximum Gasteiger partial charge on any atom is 0.0861 e. The highest BCUT2D eigenvalue weighted by Crippen LogP contribution is 2.52. The van der Waals surface area contributed by atoms with Crippen LogP contribution >= 0.6 is 36.6 Å². The Morgan fingerprint density at radius 1 is 0.900 bits per heavy atom. The lowest BCUT2D eigenvalue weighted by Gasteiger charge is -2.05. The number of rotatable bonds is 6. The average molecular weight is 357 g/mol. The second-order valence-corrected chi connectivity index (χ2v) is 11.3. The second kappa shape index (κ2) is 11.3. The van der Waals surface area contributed by atoms with Gasteiger partial charge in [-0.1, -0.05) is 36.3 Å². The predicted octanol–water partition coefficient (Wildman–Crippen LogP) is 5.82. The van der Waals surface area contributed by atoms with Crippen LogP contribution < -0.4 is 10.9 Å². The smallest absolute Gasteiger partial charge is 0.0861 e. The molecule has 0 aliphatic rings. The zero-order valence-corrected chi connectivity index (χ0v) is 16.8. The molecule has 2 nitrogen and oxygen atoms in total. The molecule has 0 aliphatic heterocycles. The molecule has 0 amide bonds. The van der Waals surface area contributed by atoms with E-state index in [1.165, 1.54) is 17.3 Å². The van der Waals surface area contributed by atoms with Crippen molar-refractivity contribution >= 4 is 36.6 Å². The van der Waals surface area contributed by atoms with Crippen LogP contribution in [-0.2, 0) is 6.16 Å². The number of hydrogen-bond acceptors (Lipinski definition) is 2. The van der Waals surface area contributed by atoms with Gasteiger partial charge in [-0.25, -0.2) is 0 Å². The third kappa shape index (κ3) is 7.12. The van der Waals surface area contributed by atoms with Crippen molar-refractivity contribution in [3.8, 4) is 0 Å². The Hall–Kier alpha value is 0.710. The van der Waals surface area contributed by atoms with Crippen molar-refractivity contribution in [2.24, 2.45) is 0 Å². The van der Waals surface area contributed by atoms with Gasteiger partial charge in [0.2, 0.25) is 0 Å². The predicted molar refractivity (Wildman–Crippen MR) is 98.9 cm³/mol. The molecule has 0 spiro atoms. The molecular formula is C14H28Cl2N2P2. The van der Waals surface area contributed by atoms with E-state index in [4.69, 9.17) is 22.5 Å². The minimum atomic E-state index is -0.768. The molecule has 1 rings (SSSR count). The lowest BCUT2D eigenvalue weighted by Crippen LogP contribution is -2.30. The molecule has 0 radical (unpaired) electrons. The van der Waals surface area contributed by atoms with Gasteiger partial charge >= 0.3 is 0 Å². The molecule has 118 valence electrons. The van der Waals surface area contributed by atoms with Crippen molar-refractivity contribution in [1.82, 2.24) is 10.9 Å². The summed E-state index contributed by atoms with van der Waals surface area (Å²) in [6.07, 6.45) is 2.14. The van der Waals surface area contributed by atoms with Crippen molar-refractivity contribution in [3.63, 3.8) is 0 Å². The lowest BCUT2D eigenvalue weighted by molar-refractivity contribution is 0.573. The van der Waals surface area contributed by atoms with E-state index in [9.17, 15) is 0 Å². The third-order valence-corrected chi connectivity index (χ3v) is 8.32. The average Bonchev–Trinajstić information content (AvgIpc) is 2.59. The maximum atomic E-state index is 5.83. The molecule has 6 heteroatoms. The summed E-state index contributed by atoms with van der Waals surface area (Å²) in [7, 11) is -0.0722. The van der Waals surface area contributed by atoms with Crippen LogP contribution in [-0.4, -0.2) is 19.3 Å². The van der Waals surface area contributed by atoms with Crippen LogP contribution in [0.15, 0.2) is 0 Å². The zero-order valence-electron chi connectivity index (χ0n) is 13.5. The van der Waals surface area contributed by atoms with Gasteiger partial charge in [-0.2, -0.15) is 0 Å². The van der Waals surface area contributed by atoms with Crippen LogP contribution in [0.2, 0.25) is 0 Å². The van der Waals surface area contributed by atoms with E-state index in [0.717, 1.165) is 19.3 Å². The summed E-state index contributed by atoms with van der Waals surface area (Å²) in [6, 6.07) is 0. The van der Waals surface area contributed by atoms with Gasteiger partial charge in [0, 0.05) is 19.3 Å². The van der Waals surface area contributed by atoms with Crippen LogP contribution in [0.4, 0.5) is 0 Å². The number of hydrogen-bond donors (Lipinski definition) is 2. The first-order valence-electron chi connectivity index (χ1n) is 7.04. The van der Waals surface area contributed by atoms with Crippen molar-refractivity contribution in [2.45, 2.75) is 47.7 Å². The molecule has 0 saturated carbocycles. The first-order chi connectivity index (χ1) is 9.36. The first kappa shape index (κ1) is 20.7. The van der Waals surface area contributed by atoms with Crippen LogP contribution in [0.25, 0.3) is 0 Å². The van der Waals surface area contributed by atoms with E-state index in [1.54, 1.807) is 10.6 Å². The Balaban J connectivity index is 0.000000511. The summed E-state index contributed by atoms with van der Waals surface area (Å²) in [5.41, 5.74) is 8.87. The molecule has 2 N–H and O–H groups in total. The molecule has 0 aliphatic carbocycles. The Morgan fingerprint density at radius 3 is 1.60 bits per heavy atom. The minimum Gasteiger partial charge on any atom is -0.258 e. The Labute approximate surface area is 136 Å². The van der Waals surface area contributed by atoms with Gasteiger partial charge < -0.3 is 0 Å². The molecule has 1 aromatic heterocycles. The Morgan fingerprint density at radius 2 is 1.30 bits per heavy atom. The summed E-state index contributed by atoms with van der Waals surface area (Å²) in [5, 5.41) is 3.14. The molecule has 1 heterocycles.